The van der Waals surface area contributed by atoms with E-state index in [1.807, 2.05) is 32.0 Å². The minimum atomic E-state index is -3.80. The molecule has 0 saturated carbocycles. The van der Waals surface area contributed by atoms with Crippen LogP contribution in [0.1, 0.15) is 30.9 Å². The summed E-state index contributed by atoms with van der Waals surface area (Å²) >= 11 is 0. The molecule has 0 amide bonds. The van der Waals surface area contributed by atoms with E-state index in [4.69, 9.17) is 4.74 Å². The van der Waals surface area contributed by atoms with Crippen molar-refractivity contribution in [2.24, 2.45) is 4.40 Å². The summed E-state index contributed by atoms with van der Waals surface area (Å²) in [6.07, 6.45) is 1.81. The summed E-state index contributed by atoms with van der Waals surface area (Å²) in [6, 6.07) is 15.7. The Labute approximate surface area is 137 Å². The Kier molecular flexibility index (Phi) is 5.93. The molecule has 2 aromatic rings. The lowest BCUT2D eigenvalue weighted by atomic mass is 10.2. The molecule has 0 bridgehead atoms. The quantitative estimate of drug-likeness (QED) is 0.457. The molecule has 0 aliphatic rings. The first-order chi connectivity index (χ1) is 11.0. The molecule has 4 nitrogen and oxygen atoms in total. The van der Waals surface area contributed by atoms with Crippen LogP contribution >= 0.6 is 0 Å². The van der Waals surface area contributed by atoms with Crippen LogP contribution in [0.5, 0.6) is 0 Å². The second kappa shape index (κ2) is 7.92. The summed E-state index contributed by atoms with van der Waals surface area (Å²) in [7, 11) is -3.80. The number of ether oxygens (including phenoxy) is 1. The van der Waals surface area contributed by atoms with Crippen molar-refractivity contribution in [3.63, 3.8) is 0 Å². The first-order valence-corrected chi connectivity index (χ1v) is 9.07. The lowest BCUT2D eigenvalue weighted by Crippen LogP contribution is -2.11. The molecule has 0 saturated heterocycles. The average Bonchev–Trinajstić information content (AvgIpc) is 2.55. The van der Waals surface area contributed by atoms with Crippen LogP contribution in [0.2, 0.25) is 0 Å². The lowest BCUT2D eigenvalue weighted by Gasteiger charge is -2.09. The Morgan fingerprint density at radius 3 is 2.30 bits per heavy atom. The predicted molar refractivity (Wildman–Crippen MR) is 92.2 cm³/mol. The highest BCUT2D eigenvalue weighted by molar-refractivity contribution is 7.90. The largest absolute Gasteiger partial charge is 0.477 e. The van der Waals surface area contributed by atoms with Crippen molar-refractivity contribution in [1.82, 2.24) is 0 Å². The second-order valence-electron chi connectivity index (χ2n) is 5.25. The van der Waals surface area contributed by atoms with Crippen LogP contribution in [0, 0.1) is 6.92 Å². The van der Waals surface area contributed by atoms with Crippen LogP contribution in [0.4, 0.5) is 0 Å². The summed E-state index contributed by atoms with van der Waals surface area (Å²) in [5.74, 6) is 0.139. The summed E-state index contributed by atoms with van der Waals surface area (Å²) in [5, 5.41) is 0. The first kappa shape index (κ1) is 17.2. The van der Waals surface area contributed by atoms with Gasteiger partial charge in [0.2, 0.25) is 5.90 Å². The van der Waals surface area contributed by atoms with Gasteiger partial charge in [0.15, 0.2) is 0 Å². The Morgan fingerprint density at radius 2 is 1.70 bits per heavy atom. The van der Waals surface area contributed by atoms with E-state index in [0.29, 0.717) is 12.2 Å². The molecule has 0 heterocycles. The Balaban J connectivity index is 2.36. The molecule has 122 valence electrons. The zero-order chi connectivity index (χ0) is 16.7. The molecule has 0 fully saturated rings. The van der Waals surface area contributed by atoms with Gasteiger partial charge < -0.3 is 4.74 Å². The highest BCUT2D eigenvalue weighted by Crippen LogP contribution is 2.15. The van der Waals surface area contributed by atoms with Crippen molar-refractivity contribution in [2.45, 2.75) is 31.6 Å². The zero-order valence-corrected chi connectivity index (χ0v) is 14.2. The third kappa shape index (κ3) is 4.93. The van der Waals surface area contributed by atoms with Gasteiger partial charge in [0.25, 0.3) is 10.0 Å². The fourth-order valence-corrected chi connectivity index (χ4v) is 2.89. The normalized spacial score (nSPS) is 12.2. The average molecular weight is 331 g/mol. The van der Waals surface area contributed by atoms with Gasteiger partial charge in [0.05, 0.1) is 11.5 Å². The fourth-order valence-electron chi connectivity index (χ4n) is 1.93. The molecule has 0 aliphatic heterocycles. The van der Waals surface area contributed by atoms with Gasteiger partial charge >= 0.3 is 0 Å². The van der Waals surface area contributed by atoms with Crippen LogP contribution in [0.3, 0.4) is 0 Å². The fraction of sp³-hybridized carbons (Fsp3) is 0.278. The third-order valence-corrected chi connectivity index (χ3v) is 4.55. The van der Waals surface area contributed by atoms with Gasteiger partial charge in [-0.2, -0.15) is 8.42 Å². The molecule has 0 N–H and O–H groups in total. The zero-order valence-electron chi connectivity index (χ0n) is 13.4. The Bertz CT molecular complexity index is 751. The van der Waals surface area contributed by atoms with Crippen molar-refractivity contribution in [1.29, 1.82) is 0 Å². The highest BCUT2D eigenvalue weighted by atomic mass is 32.2. The summed E-state index contributed by atoms with van der Waals surface area (Å²) in [5.41, 5.74) is 1.65. The number of unbranched alkanes of at least 4 members (excludes halogenated alkanes) is 1. The molecule has 23 heavy (non-hydrogen) atoms. The second-order valence-corrected chi connectivity index (χ2v) is 6.86. The van der Waals surface area contributed by atoms with E-state index in [0.717, 1.165) is 18.4 Å². The van der Waals surface area contributed by atoms with Gasteiger partial charge in [-0.15, -0.1) is 4.40 Å². The molecule has 0 atom stereocenters. The van der Waals surface area contributed by atoms with E-state index < -0.39 is 10.0 Å². The van der Waals surface area contributed by atoms with Gasteiger partial charge in [-0.25, -0.2) is 0 Å². The van der Waals surface area contributed by atoms with Crippen molar-refractivity contribution >= 4 is 15.9 Å². The molecular formula is C18H21NO3S. The molecule has 2 aromatic carbocycles. The maximum Gasteiger partial charge on any atom is 0.285 e. The van der Waals surface area contributed by atoms with E-state index in [1.54, 1.807) is 36.4 Å². The predicted octanol–water partition coefficient (Wildman–Crippen LogP) is 3.95. The van der Waals surface area contributed by atoms with Crippen LogP contribution in [0.25, 0.3) is 0 Å². The van der Waals surface area contributed by atoms with Crippen LogP contribution in [0.15, 0.2) is 63.9 Å². The first-order valence-electron chi connectivity index (χ1n) is 7.63. The number of hydrogen-bond acceptors (Lipinski definition) is 3. The molecule has 0 radical (unpaired) electrons. The summed E-state index contributed by atoms with van der Waals surface area (Å²) in [4.78, 5) is 0.163. The Hall–Kier alpha value is -2.14. The number of benzene rings is 2. The Morgan fingerprint density at radius 1 is 1.04 bits per heavy atom. The van der Waals surface area contributed by atoms with Crippen LogP contribution < -0.4 is 0 Å². The van der Waals surface area contributed by atoms with E-state index in [-0.39, 0.29) is 10.8 Å². The maximum absolute atomic E-state index is 12.5. The van der Waals surface area contributed by atoms with E-state index in [1.165, 1.54) is 0 Å². The number of aryl methyl sites for hydroxylation is 1. The molecule has 2 rings (SSSR count). The monoisotopic (exact) mass is 331 g/mol. The molecule has 5 heteroatoms. The van der Waals surface area contributed by atoms with Gasteiger partial charge in [0, 0.05) is 5.56 Å². The minimum absolute atomic E-state index is 0.139. The van der Waals surface area contributed by atoms with E-state index in [9.17, 15) is 8.42 Å². The molecule has 0 unspecified atom stereocenters. The number of hydrogen-bond donors (Lipinski definition) is 0. The molecular weight excluding hydrogens is 310 g/mol. The highest BCUT2D eigenvalue weighted by Gasteiger charge is 2.16. The van der Waals surface area contributed by atoms with Crippen LogP contribution in [-0.4, -0.2) is 20.9 Å². The van der Waals surface area contributed by atoms with Crippen molar-refractivity contribution in [3.8, 4) is 0 Å². The van der Waals surface area contributed by atoms with Crippen LogP contribution in [-0.2, 0) is 14.8 Å². The third-order valence-electron chi connectivity index (χ3n) is 3.28. The molecule has 0 aromatic heterocycles. The van der Waals surface area contributed by atoms with Crippen molar-refractivity contribution in [3.05, 3.63) is 65.7 Å². The van der Waals surface area contributed by atoms with Crippen molar-refractivity contribution < 1.29 is 13.2 Å². The number of nitrogens with zero attached hydrogens (tertiary/aromatic N) is 1. The summed E-state index contributed by atoms with van der Waals surface area (Å²) < 4.78 is 34.5. The van der Waals surface area contributed by atoms with E-state index >= 15 is 0 Å². The minimum Gasteiger partial charge on any atom is -0.477 e. The van der Waals surface area contributed by atoms with Crippen molar-refractivity contribution in [2.75, 3.05) is 6.61 Å². The van der Waals surface area contributed by atoms with Gasteiger partial charge in [-0.05, 0) is 37.6 Å². The van der Waals surface area contributed by atoms with E-state index in [2.05, 4.69) is 4.40 Å². The lowest BCUT2D eigenvalue weighted by molar-refractivity contribution is 0.298. The standard InChI is InChI=1S/C18H21NO3S/c1-3-4-14-22-18(16-8-6-5-7-9-16)19-23(20,21)17-12-10-15(2)11-13-17/h5-13H,3-4,14H2,1-2H3. The van der Waals surface area contributed by atoms with Gasteiger partial charge in [-0.1, -0.05) is 49.2 Å². The SMILES string of the molecule is CCCCOC(=NS(=O)(=O)c1ccc(C)cc1)c1ccccc1. The molecule has 0 spiro atoms. The topological polar surface area (TPSA) is 55.7 Å². The smallest absolute Gasteiger partial charge is 0.285 e. The maximum atomic E-state index is 12.5. The van der Waals surface area contributed by atoms with Gasteiger partial charge in [0.1, 0.15) is 0 Å². The number of sulfonamides is 1. The summed E-state index contributed by atoms with van der Waals surface area (Å²) in [6.45, 7) is 4.39. The number of rotatable bonds is 6. The van der Waals surface area contributed by atoms with Gasteiger partial charge in [-0.3, -0.25) is 0 Å². The molecule has 0 aliphatic carbocycles.